The van der Waals surface area contributed by atoms with E-state index in [9.17, 15) is 4.39 Å². The highest BCUT2D eigenvalue weighted by molar-refractivity contribution is 5.85. The fourth-order valence-corrected chi connectivity index (χ4v) is 3.58. The zero-order chi connectivity index (χ0) is 17.2. The van der Waals surface area contributed by atoms with Crippen LogP contribution in [0, 0.1) is 23.1 Å². The van der Waals surface area contributed by atoms with E-state index in [1.165, 1.54) is 11.6 Å². The van der Waals surface area contributed by atoms with Crippen molar-refractivity contribution in [1.82, 2.24) is 10.3 Å². The van der Waals surface area contributed by atoms with Gasteiger partial charge in [0.05, 0.1) is 11.6 Å². The Morgan fingerprint density at radius 1 is 1.24 bits per heavy atom. The molecule has 3 nitrogen and oxygen atoms in total. The normalized spacial score (nSPS) is 19.0. The Morgan fingerprint density at radius 2 is 2.12 bits per heavy atom. The van der Waals surface area contributed by atoms with Crippen LogP contribution in [-0.2, 0) is 6.42 Å². The Morgan fingerprint density at radius 3 is 2.96 bits per heavy atom. The number of hydrogen-bond acceptors (Lipinski definition) is 2. The van der Waals surface area contributed by atoms with E-state index in [0.29, 0.717) is 23.8 Å². The molecule has 1 saturated carbocycles. The monoisotopic (exact) mass is 333 g/mol. The third kappa shape index (κ3) is 3.29. The highest BCUT2D eigenvalue weighted by atomic mass is 19.1. The summed E-state index contributed by atoms with van der Waals surface area (Å²) in [5.41, 5.74) is 3.87. The molecule has 1 aliphatic carbocycles. The number of hydrogen-bond donors (Lipinski definition) is 2. The van der Waals surface area contributed by atoms with E-state index in [-0.39, 0.29) is 5.82 Å². The van der Waals surface area contributed by atoms with E-state index in [0.717, 1.165) is 36.0 Å². The zero-order valence-electron chi connectivity index (χ0n) is 13.9. The van der Waals surface area contributed by atoms with E-state index < -0.39 is 0 Å². The van der Waals surface area contributed by atoms with Gasteiger partial charge in [0.1, 0.15) is 5.82 Å². The van der Waals surface area contributed by atoms with Crippen LogP contribution in [0.4, 0.5) is 4.39 Å². The minimum absolute atomic E-state index is 0.124. The number of nitrogens with one attached hydrogen (secondary N) is 2. The first kappa shape index (κ1) is 15.9. The molecule has 3 aromatic rings. The Labute approximate surface area is 146 Å². The van der Waals surface area contributed by atoms with Crippen LogP contribution in [-0.4, -0.2) is 18.1 Å². The lowest BCUT2D eigenvalue weighted by molar-refractivity contribution is 0.588. The van der Waals surface area contributed by atoms with E-state index >= 15 is 0 Å². The molecular weight excluding hydrogens is 313 g/mol. The number of rotatable bonds is 6. The van der Waals surface area contributed by atoms with Crippen LogP contribution in [0.2, 0.25) is 0 Å². The number of aromatic amines is 1. The van der Waals surface area contributed by atoms with Gasteiger partial charge in [-0.25, -0.2) is 4.39 Å². The summed E-state index contributed by atoms with van der Waals surface area (Å²) in [5, 5.41) is 13.7. The average molecular weight is 333 g/mol. The molecule has 0 radical (unpaired) electrons. The maximum atomic E-state index is 13.6. The molecule has 25 heavy (non-hydrogen) atoms. The van der Waals surface area contributed by atoms with Crippen molar-refractivity contribution in [3.63, 3.8) is 0 Å². The van der Waals surface area contributed by atoms with Crippen molar-refractivity contribution in [2.24, 2.45) is 5.92 Å². The summed E-state index contributed by atoms with van der Waals surface area (Å²) in [6.07, 6.45) is 3.95. The summed E-state index contributed by atoms with van der Waals surface area (Å²) in [4.78, 5) is 3.30. The Hall–Kier alpha value is -2.64. The van der Waals surface area contributed by atoms with Crippen molar-refractivity contribution in [2.45, 2.75) is 18.8 Å². The van der Waals surface area contributed by atoms with Gasteiger partial charge >= 0.3 is 0 Å². The van der Waals surface area contributed by atoms with Gasteiger partial charge in [0.25, 0.3) is 0 Å². The molecule has 4 rings (SSSR count). The molecule has 1 aliphatic rings. The van der Waals surface area contributed by atoms with Crippen molar-refractivity contribution >= 4 is 10.9 Å². The molecule has 0 spiro atoms. The first-order valence-electron chi connectivity index (χ1n) is 8.71. The summed E-state index contributed by atoms with van der Waals surface area (Å²) < 4.78 is 13.6. The van der Waals surface area contributed by atoms with Gasteiger partial charge in [0, 0.05) is 17.1 Å². The lowest BCUT2D eigenvalue weighted by Crippen LogP contribution is -2.20. The van der Waals surface area contributed by atoms with Crippen LogP contribution < -0.4 is 5.32 Å². The highest BCUT2D eigenvalue weighted by Gasteiger charge is 2.39. The SMILES string of the molecule is N#Cc1ccc2[nH]cc([C@@H]3C[C@H]3CNCCc3ccccc3F)c2c1. The van der Waals surface area contributed by atoms with Gasteiger partial charge in [-0.1, -0.05) is 18.2 Å². The topological polar surface area (TPSA) is 51.6 Å². The molecule has 126 valence electrons. The summed E-state index contributed by atoms with van der Waals surface area (Å²) in [6.45, 7) is 1.74. The van der Waals surface area contributed by atoms with Crippen molar-refractivity contribution in [1.29, 1.82) is 5.26 Å². The van der Waals surface area contributed by atoms with E-state index in [4.69, 9.17) is 5.26 Å². The quantitative estimate of drug-likeness (QED) is 0.667. The number of benzene rings is 2. The summed E-state index contributed by atoms with van der Waals surface area (Å²) in [6, 6.07) is 15.0. The fraction of sp³-hybridized carbons (Fsp3) is 0.286. The predicted molar refractivity (Wildman–Crippen MR) is 96.8 cm³/mol. The van der Waals surface area contributed by atoms with Crippen molar-refractivity contribution in [3.05, 3.63) is 71.2 Å². The van der Waals surface area contributed by atoms with Gasteiger partial charge in [0.15, 0.2) is 0 Å². The van der Waals surface area contributed by atoms with Gasteiger partial charge in [-0.15, -0.1) is 0 Å². The predicted octanol–water partition coefficient (Wildman–Crippen LogP) is 4.11. The summed E-state index contributed by atoms with van der Waals surface area (Å²) >= 11 is 0. The summed E-state index contributed by atoms with van der Waals surface area (Å²) in [7, 11) is 0. The standard InChI is InChI=1S/C21H20FN3/c22-20-4-2-1-3-15(20)7-8-24-12-16-10-17(16)19-13-25-21-6-5-14(11-23)9-18(19)21/h1-6,9,13,16-17,24-25H,7-8,10,12H2/t16-,17+/m0/s1. The Balaban J connectivity index is 1.33. The number of halogens is 1. The Bertz CT molecular complexity index is 938. The van der Waals surface area contributed by atoms with Gasteiger partial charge in [-0.3, -0.25) is 0 Å². The molecule has 0 unspecified atom stereocenters. The third-order valence-corrected chi connectivity index (χ3v) is 5.10. The molecule has 2 atom stereocenters. The minimum atomic E-state index is -0.124. The molecule has 0 amide bonds. The maximum absolute atomic E-state index is 13.6. The van der Waals surface area contributed by atoms with E-state index in [2.05, 4.69) is 22.6 Å². The minimum Gasteiger partial charge on any atom is -0.361 e. The lowest BCUT2D eigenvalue weighted by atomic mass is 10.1. The second kappa shape index (κ2) is 6.70. The number of H-pyrrole nitrogens is 1. The molecule has 0 bridgehead atoms. The lowest BCUT2D eigenvalue weighted by Gasteiger charge is -2.05. The number of nitriles is 1. The molecule has 2 aromatic carbocycles. The zero-order valence-corrected chi connectivity index (χ0v) is 13.9. The Kier molecular flexibility index (Phi) is 4.25. The van der Waals surface area contributed by atoms with Crippen LogP contribution in [0.25, 0.3) is 10.9 Å². The van der Waals surface area contributed by atoms with Crippen LogP contribution >= 0.6 is 0 Å². The van der Waals surface area contributed by atoms with Crippen molar-refractivity contribution < 1.29 is 4.39 Å². The van der Waals surface area contributed by atoms with Gasteiger partial charge in [0.2, 0.25) is 0 Å². The second-order valence-electron chi connectivity index (χ2n) is 6.76. The smallest absolute Gasteiger partial charge is 0.126 e. The molecular formula is C21H20FN3. The molecule has 4 heteroatoms. The molecule has 0 aliphatic heterocycles. The summed E-state index contributed by atoms with van der Waals surface area (Å²) in [5.74, 6) is 1.04. The molecule has 2 N–H and O–H groups in total. The van der Waals surface area contributed by atoms with Gasteiger partial charge in [-0.2, -0.15) is 5.26 Å². The van der Waals surface area contributed by atoms with Crippen LogP contribution in [0.5, 0.6) is 0 Å². The van der Waals surface area contributed by atoms with E-state index in [1.807, 2.05) is 30.3 Å². The second-order valence-corrected chi connectivity index (χ2v) is 6.76. The largest absolute Gasteiger partial charge is 0.361 e. The first-order chi connectivity index (χ1) is 12.3. The molecule has 1 aromatic heterocycles. The van der Waals surface area contributed by atoms with Crippen LogP contribution in [0.3, 0.4) is 0 Å². The fourth-order valence-electron chi connectivity index (χ4n) is 3.58. The van der Waals surface area contributed by atoms with Gasteiger partial charge in [-0.05, 0) is 73.2 Å². The molecule has 0 saturated heterocycles. The number of fused-ring (bicyclic) bond motifs is 1. The third-order valence-electron chi connectivity index (χ3n) is 5.10. The van der Waals surface area contributed by atoms with Gasteiger partial charge < -0.3 is 10.3 Å². The molecule has 1 fully saturated rings. The highest BCUT2D eigenvalue weighted by Crippen LogP contribution is 2.49. The maximum Gasteiger partial charge on any atom is 0.126 e. The van der Waals surface area contributed by atoms with Crippen LogP contribution in [0.1, 0.15) is 29.0 Å². The van der Waals surface area contributed by atoms with E-state index in [1.54, 1.807) is 6.07 Å². The number of nitrogens with zero attached hydrogens (tertiary/aromatic N) is 1. The first-order valence-corrected chi connectivity index (χ1v) is 8.71. The molecule has 1 heterocycles. The van der Waals surface area contributed by atoms with Crippen molar-refractivity contribution in [2.75, 3.05) is 13.1 Å². The number of aromatic nitrogens is 1. The van der Waals surface area contributed by atoms with Crippen LogP contribution in [0.15, 0.2) is 48.7 Å². The average Bonchev–Trinajstić information content (AvgIpc) is 3.28. The van der Waals surface area contributed by atoms with Crippen molar-refractivity contribution in [3.8, 4) is 6.07 Å².